The number of aryl methyl sites for hydroxylation is 1. The first-order valence-electron chi connectivity index (χ1n) is 6.60. The molecule has 0 spiro atoms. The summed E-state index contributed by atoms with van der Waals surface area (Å²) >= 11 is 0. The number of rotatable bonds is 1. The quantitative estimate of drug-likeness (QED) is 0.848. The van der Waals surface area contributed by atoms with Gasteiger partial charge in [-0.1, -0.05) is 0 Å². The Morgan fingerprint density at radius 2 is 2.05 bits per heavy atom. The molecule has 1 aliphatic rings. The molecule has 96 valence electrons. The van der Waals surface area contributed by atoms with E-state index in [1.54, 1.807) is 0 Å². The van der Waals surface area contributed by atoms with E-state index in [1.807, 2.05) is 24.3 Å². The molecule has 0 bridgehead atoms. The van der Waals surface area contributed by atoms with Gasteiger partial charge in [0.05, 0.1) is 17.7 Å². The van der Waals surface area contributed by atoms with Gasteiger partial charge in [0.25, 0.3) is 0 Å². The van der Waals surface area contributed by atoms with Crippen molar-refractivity contribution in [3.05, 3.63) is 52.8 Å². The van der Waals surface area contributed by atoms with Gasteiger partial charge < -0.3 is 9.67 Å². The molecule has 1 N–H and O–H groups in total. The summed E-state index contributed by atoms with van der Waals surface area (Å²) in [5, 5.41) is 18.9. The van der Waals surface area contributed by atoms with Gasteiger partial charge in [0.2, 0.25) is 0 Å². The number of aliphatic hydroxyl groups excluding tert-OH is 1. The standard InChI is InChI=1S/C16H16N2O/c1-11-9-14-15(3-2-4-16(14)19)18(11)13-7-5-12(10-17)6-8-13/h5-9,16,19H,2-4H2,1H3. The number of hydrogen-bond donors (Lipinski definition) is 1. The highest BCUT2D eigenvalue weighted by Gasteiger charge is 2.23. The number of nitriles is 1. The molecule has 0 amide bonds. The van der Waals surface area contributed by atoms with Gasteiger partial charge in [0, 0.05) is 22.6 Å². The summed E-state index contributed by atoms with van der Waals surface area (Å²) in [6.45, 7) is 2.06. The van der Waals surface area contributed by atoms with E-state index in [1.165, 1.54) is 5.69 Å². The van der Waals surface area contributed by atoms with Crippen LogP contribution in [0.3, 0.4) is 0 Å². The molecular weight excluding hydrogens is 236 g/mol. The second-order valence-corrected chi connectivity index (χ2v) is 5.09. The molecule has 0 saturated carbocycles. The highest BCUT2D eigenvalue weighted by Crippen LogP contribution is 2.33. The van der Waals surface area contributed by atoms with Gasteiger partial charge in [-0.15, -0.1) is 0 Å². The van der Waals surface area contributed by atoms with Crippen molar-refractivity contribution < 1.29 is 5.11 Å². The lowest BCUT2D eigenvalue weighted by atomic mass is 9.95. The van der Waals surface area contributed by atoms with Crippen LogP contribution in [0, 0.1) is 18.3 Å². The summed E-state index contributed by atoms with van der Waals surface area (Å²) in [5.41, 5.74) is 5.14. The summed E-state index contributed by atoms with van der Waals surface area (Å²) in [5.74, 6) is 0. The fourth-order valence-electron chi connectivity index (χ4n) is 2.92. The van der Waals surface area contributed by atoms with Crippen LogP contribution in [0.1, 0.15) is 41.5 Å². The molecular formula is C16H16N2O. The number of hydrogen-bond acceptors (Lipinski definition) is 2. The molecule has 1 unspecified atom stereocenters. The van der Waals surface area contributed by atoms with Crippen LogP contribution in [0.15, 0.2) is 30.3 Å². The SMILES string of the molecule is Cc1cc2c(n1-c1ccc(C#N)cc1)CCCC2O. The van der Waals surface area contributed by atoms with Crippen LogP contribution in [-0.4, -0.2) is 9.67 Å². The van der Waals surface area contributed by atoms with E-state index in [9.17, 15) is 5.11 Å². The van der Waals surface area contributed by atoms with Crippen molar-refractivity contribution in [1.29, 1.82) is 5.26 Å². The van der Waals surface area contributed by atoms with Crippen LogP contribution >= 0.6 is 0 Å². The molecule has 0 radical (unpaired) electrons. The van der Waals surface area contributed by atoms with Crippen LogP contribution in [0.2, 0.25) is 0 Å². The van der Waals surface area contributed by atoms with Crippen LogP contribution in [0.4, 0.5) is 0 Å². The average Bonchev–Trinajstić information content (AvgIpc) is 2.77. The zero-order valence-electron chi connectivity index (χ0n) is 10.9. The Balaban J connectivity index is 2.12. The van der Waals surface area contributed by atoms with Crippen molar-refractivity contribution in [2.24, 2.45) is 0 Å². The minimum atomic E-state index is -0.331. The van der Waals surface area contributed by atoms with Gasteiger partial charge in [-0.05, 0) is 56.5 Å². The fraction of sp³-hybridized carbons (Fsp3) is 0.312. The molecule has 3 nitrogen and oxygen atoms in total. The van der Waals surface area contributed by atoms with Crippen LogP contribution < -0.4 is 0 Å². The number of fused-ring (bicyclic) bond motifs is 1. The summed E-state index contributed by atoms with van der Waals surface area (Å²) < 4.78 is 2.19. The molecule has 0 fully saturated rings. The lowest BCUT2D eigenvalue weighted by Crippen LogP contribution is -2.11. The molecule has 1 aromatic carbocycles. The second kappa shape index (κ2) is 4.56. The Morgan fingerprint density at radius 1 is 1.32 bits per heavy atom. The monoisotopic (exact) mass is 252 g/mol. The van der Waals surface area contributed by atoms with E-state index in [0.717, 1.165) is 36.2 Å². The maximum absolute atomic E-state index is 10.1. The van der Waals surface area contributed by atoms with Crippen molar-refractivity contribution in [2.45, 2.75) is 32.3 Å². The predicted molar refractivity (Wildman–Crippen MR) is 73.1 cm³/mol. The molecule has 0 saturated heterocycles. The number of benzene rings is 1. The first-order chi connectivity index (χ1) is 9.20. The highest BCUT2D eigenvalue weighted by molar-refractivity contribution is 5.45. The van der Waals surface area contributed by atoms with Crippen LogP contribution in [0.5, 0.6) is 0 Å². The first kappa shape index (κ1) is 12.0. The molecule has 19 heavy (non-hydrogen) atoms. The molecule has 3 heteroatoms. The minimum Gasteiger partial charge on any atom is -0.388 e. The minimum absolute atomic E-state index is 0.331. The van der Waals surface area contributed by atoms with Crippen molar-refractivity contribution >= 4 is 0 Å². The smallest absolute Gasteiger partial charge is 0.0991 e. The summed E-state index contributed by atoms with van der Waals surface area (Å²) in [6, 6.07) is 11.8. The first-order valence-corrected chi connectivity index (χ1v) is 6.60. The summed E-state index contributed by atoms with van der Waals surface area (Å²) in [6.07, 6.45) is 2.54. The average molecular weight is 252 g/mol. The van der Waals surface area contributed by atoms with Gasteiger partial charge in [0.15, 0.2) is 0 Å². The highest BCUT2D eigenvalue weighted by atomic mass is 16.3. The van der Waals surface area contributed by atoms with Crippen molar-refractivity contribution in [3.8, 4) is 11.8 Å². The normalized spacial score (nSPS) is 17.8. The Labute approximate surface area is 112 Å². The van der Waals surface area contributed by atoms with Crippen LogP contribution in [-0.2, 0) is 6.42 Å². The lowest BCUT2D eigenvalue weighted by molar-refractivity contribution is 0.156. The molecule has 1 aliphatic carbocycles. The van der Waals surface area contributed by atoms with E-state index in [4.69, 9.17) is 5.26 Å². The van der Waals surface area contributed by atoms with E-state index in [-0.39, 0.29) is 6.10 Å². The van der Waals surface area contributed by atoms with Gasteiger partial charge >= 0.3 is 0 Å². The largest absolute Gasteiger partial charge is 0.388 e. The van der Waals surface area contributed by atoms with Crippen molar-refractivity contribution in [2.75, 3.05) is 0 Å². The van der Waals surface area contributed by atoms with E-state index < -0.39 is 0 Å². The molecule has 1 heterocycles. The maximum atomic E-state index is 10.1. The zero-order chi connectivity index (χ0) is 13.4. The Kier molecular flexibility index (Phi) is 2.88. The number of aromatic nitrogens is 1. The van der Waals surface area contributed by atoms with Gasteiger partial charge in [-0.25, -0.2) is 0 Å². The van der Waals surface area contributed by atoms with E-state index in [0.29, 0.717) is 5.56 Å². The Hall–Kier alpha value is -2.05. The van der Waals surface area contributed by atoms with Crippen LogP contribution in [0.25, 0.3) is 5.69 Å². The third kappa shape index (κ3) is 1.94. The maximum Gasteiger partial charge on any atom is 0.0991 e. The van der Waals surface area contributed by atoms with Crippen molar-refractivity contribution in [3.63, 3.8) is 0 Å². The topological polar surface area (TPSA) is 49.0 Å². The number of aliphatic hydroxyl groups is 1. The molecule has 2 aromatic rings. The Morgan fingerprint density at radius 3 is 2.74 bits per heavy atom. The lowest BCUT2D eigenvalue weighted by Gasteiger charge is -2.20. The molecule has 1 atom stereocenters. The van der Waals surface area contributed by atoms with Crippen molar-refractivity contribution in [1.82, 2.24) is 4.57 Å². The Bertz CT molecular complexity index is 647. The molecule has 0 aliphatic heterocycles. The third-order valence-corrected chi connectivity index (χ3v) is 3.82. The molecule has 3 rings (SSSR count). The predicted octanol–water partition coefficient (Wildman–Crippen LogP) is 3.03. The summed E-state index contributed by atoms with van der Waals surface area (Å²) in [4.78, 5) is 0. The summed E-state index contributed by atoms with van der Waals surface area (Å²) in [7, 11) is 0. The van der Waals surface area contributed by atoms with E-state index >= 15 is 0 Å². The zero-order valence-corrected chi connectivity index (χ0v) is 10.9. The second-order valence-electron chi connectivity index (χ2n) is 5.09. The third-order valence-electron chi connectivity index (χ3n) is 3.82. The number of nitrogens with zero attached hydrogens (tertiary/aromatic N) is 2. The van der Waals surface area contributed by atoms with Gasteiger partial charge in [0.1, 0.15) is 0 Å². The van der Waals surface area contributed by atoms with Gasteiger partial charge in [-0.3, -0.25) is 0 Å². The van der Waals surface area contributed by atoms with Gasteiger partial charge in [-0.2, -0.15) is 5.26 Å². The van der Waals surface area contributed by atoms with E-state index in [2.05, 4.69) is 23.6 Å². The fourth-order valence-corrected chi connectivity index (χ4v) is 2.92. The molecule has 1 aromatic heterocycles.